The number of carbonyl (C=O) groups is 2. The first kappa shape index (κ1) is 22.3. The molecule has 6 heteroatoms. The van der Waals surface area contributed by atoms with E-state index in [-0.39, 0.29) is 17.8 Å². The van der Waals surface area contributed by atoms with Crippen molar-refractivity contribution in [2.24, 2.45) is 5.92 Å². The molecule has 2 heterocycles. The molecule has 2 aliphatic heterocycles. The van der Waals surface area contributed by atoms with E-state index in [1.807, 2.05) is 19.1 Å². The SMILES string of the molecule is CCC(=O)N1CCC[C@@H](C(=O)OCCC#Cc2ccc(CN3CCOCC3)cc2)C1. The van der Waals surface area contributed by atoms with Crippen molar-refractivity contribution in [3.8, 4) is 11.8 Å². The molecule has 0 saturated carbocycles. The van der Waals surface area contributed by atoms with Crippen LogP contribution >= 0.6 is 0 Å². The largest absolute Gasteiger partial charge is 0.464 e. The van der Waals surface area contributed by atoms with Crippen molar-refractivity contribution in [2.45, 2.75) is 39.2 Å². The highest BCUT2D eigenvalue weighted by Crippen LogP contribution is 2.18. The summed E-state index contributed by atoms with van der Waals surface area (Å²) in [6, 6.07) is 8.31. The summed E-state index contributed by atoms with van der Waals surface area (Å²) in [4.78, 5) is 28.3. The van der Waals surface area contributed by atoms with Gasteiger partial charge in [0.05, 0.1) is 19.1 Å². The van der Waals surface area contributed by atoms with Gasteiger partial charge in [-0.1, -0.05) is 30.9 Å². The predicted molar refractivity (Wildman–Crippen MR) is 115 cm³/mol. The topological polar surface area (TPSA) is 59.1 Å². The summed E-state index contributed by atoms with van der Waals surface area (Å²) < 4.78 is 10.8. The quantitative estimate of drug-likeness (QED) is 0.408. The van der Waals surface area contributed by atoms with Gasteiger partial charge in [-0.25, -0.2) is 0 Å². The van der Waals surface area contributed by atoms with Crippen LogP contribution < -0.4 is 0 Å². The van der Waals surface area contributed by atoms with E-state index in [9.17, 15) is 9.59 Å². The van der Waals surface area contributed by atoms with Crippen LogP contribution in [0.4, 0.5) is 0 Å². The summed E-state index contributed by atoms with van der Waals surface area (Å²) in [6.07, 6.45) is 2.62. The third kappa shape index (κ3) is 6.86. The molecule has 1 aromatic rings. The van der Waals surface area contributed by atoms with Gasteiger partial charge < -0.3 is 14.4 Å². The molecule has 0 unspecified atom stereocenters. The average Bonchev–Trinajstić information content (AvgIpc) is 2.80. The summed E-state index contributed by atoms with van der Waals surface area (Å²) in [5.41, 5.74) is 2.24. The lowest BCUT2D eigenvalue weighted by atomic mass is 9.98. The summed E-state index contributed by atoms with van der Waals surface area (Å²) in [7, 11) is 0. The maximum atomic E-state index is 12.3. The van der Waals surface area contributed by atoms with Crippen LogP contribution in [-0.4, -0.2) is 67.7 Å². The van der Waals surface area contributed by atoms with E-state index >= 15 is 0 Å². The first-order valence-corrected chi connectivity index (χ1v) is 11.0. The number of amides is 1. The van der Waals surface area contributed by atoms with E-state index in [1.165, 1.54) is 5.56 Å². The van der Waals surface area contributed by atoms with Gasteiger partial charge in [-0.2, -0.15) is 0 Å². The molecule has 0 bridgehead atoms. The molecule has 1 aromatic carbocycles. The van der Waals surface area contributed by atoms with Gasteiger partial charge in [0, 0.05) is 51.1 Å². The monoisotopic (exact) mass is 412 g/mol. The van der Waals surface area contributed by atoms with Crippen LogP contribution in [0.5, 0.6) is 0 Å². The molecule has 30 heavy (non-hydrogen) atoms. The third-order valence-corrected chi connectivity index (χ3v) is 5.58. The fraction of sp³-hybridized carbons (Fsp3) is 0.583. The fourth-order valence-electron chi connectivity index (χ4n) is 3.82. The molecule has 0 N–H and O–H groups in total. The third-order valence-electron chi connectivity index (χ3n) is 5.58. The summed E-state index contributed by atoms with van der Waals surface area (Å²) in [6.45, 7) is 7.88. The Labute approximate surface area is 179 Å². The van der Waals surface area contributed by atoms with Crippen LogP contribution in [0.3, 0.4) is 0 Å². The number of piperidine rings is 1. The van der Waals surface area contributed by atoms with Crippen LogP contribution in [0.15, 0.2) is 24.3 Å². The minimum atomic E-state index is -0.210. The Bertz CT molecular complexity index is 760. The van der Waals surface area contributed by atoms with Gasteiger partial charge in [-0.05, 0) is 30.5 Å². The zero-order valence-corrected chi connectivity index (χ0v) is 17.9. The van der Waals surface area contributed by atoms with Crippen molar-refractivity contribution >= 4 is 11.9 Å². The second-order valence-electron chi connectivity index (χ2n) is 7.84. The Balaban J connectivity index is 1.37. The number of ether oxygens (including phenoxy) is 2. The van der Waals surface area contributed by atoms with E-state index in [0.717, 1.165) is 57.8 Å². The molecule has 2 aliphatic rings. The molecule has 0 radical (unpaired) electrons. The van der Waals surface area contributed by atoms with E-state index in [1.54, 1.807) is 4.90 Å². The molecule has 0 aliphatic carbocycles. The Morgan fingerprint density at radius 2 is 1.93 bits per heavy atom. The minimum Gasteiger partial charge on any atom is -0.464 e. The Kier molecular flexibility index (Phi) is 8.73. The number of rotatable bonds is 6. The van der Waals surface area contributed by atoms with Gasteiger partial charge in [-0.15, -0.1) is 0 Å². The molecule has 162 valence electrons. The van der Waals surface area contributed by atoms with E-state index < -0.39 is 0 Å². The maximum Gasteiger partial charge on any atom is 0.310 e. The first-order chi connectivity index (χ1) is 14.7. The van der Waals surface area contributed by atoms with Crippen molar-refractivity contribution < 1.29 is 19.1 Å². The second-order valence-corrected chi connectivity index (χ2v) is 7.84. The molecule has 2 saturated heterocycles. The highest BCUT2D eigenvalue weighted by molar-refractivity contribution is 5.78. The van der Waals surface area contributed by atoms with Crippen LogP contribution in [0, 0.1) is 17.8 Å². The lowest BCUT2D eigenvalue weighted by Gasteiger charge is -2.31. The molecule has 6 nitrogen and oxygen atoms in total. The van der Waals surface area contributed by atoms with Gasteiger partial charge in [0.1, 0.15) is 6.61 Å². The Morgan fingerprint density at radius 1 is 1.17 bits per heavy atom. The molecule has 1 amide bonds. The Hall–Kier alpha value is -2.36. The van der Waals surface area contributed by atoms with Gasteiger partial charge in [0.2, 0.25) is 5.91 Å². The predicted octanol–water partition coefficient (Wildman–Crippen LogP) is 2.45. The van der Waals surface area contributed by atoms with Crippen molar-refractivity contribution in [3.05, 3.63) is 35.4 Å². The lowest BCUT2D eigenvalue weighted by Crippen LogP contribution is -2.42. The molecular weight excluding hydrogens is 380 g/mol. The summed E-state index contributed by atoms with van der Waals surface area (Å²) in [5.74, 6) is 5.90. The lowest BCUT2D eigenvalue weighted by molar-refractivity contribution is -0.151. The highest BCUT2D eigenvalue weighted by Gasteiger charge is 2.28. The molecule has 3 rings (SSSR count). The minimum absolute atomic E-state index is 0.106. The number of hydrogen-bond donors (Lipinski definition) is 0. The second kappa shape index (κ2) is 11.7. The number of esters is 1. The normalized spacial score (nSPS) is 19.6. The van der Waals surface area contributed by atoms with Crippen LogP contribution in [0.1, 0.15) is 43.7 Å². The van der Waals surface area contributed by atoms with Crippen LogP contribution in [-0.2, 0) is 25.6 Å². The van der Waals surface area contributed by atoms with Crippen molar-refractivity contribution in [3.63, 3.8) is 0 Å². The first-order valence-electron chi connectivity index (χ1n) is 11.0. The van der Waals surface area contributed by atoms with E-state index in [4.69, 9.17) is 9.47 Å². The molecular formula is C24H32N2O4. The zero-order valence-electron chi connectivity index (χ0n) is 17.9. The van der Waals surface area contributed by atoms with Gasteiger partial charge in [-0.3, -0.25) is 14.5 Å². The number of carbonyl (C=O) groups excluding carboxylic acids is 2. The molecule has 1 atom stereocenters. The van der Waals surface area contributed by atoms with Crippen molar-refractivity contribution in [2.75, 3.05) is 46.0 Å². The maximum absolute atomic E-state index is 12.3. The number of morpholine rings is 1. The number of benzene rings is 1. The number of likely N-dealkylation sites (tertiary alicyclic amines) is 1. The molecule has 0 spiro atoms. The van der Waals surface area contributed by atoms with Crippen molar-refractivity contribution in [1.29, 1.82) is 0 Å². The summed E-state index contributed by atoms with van der Waals surface area (Å²) >= 11 is 0. The smallest absolute Gasteiger partial charge is 0.310 e. The Morgan fingerprint density at radius 3 is 2.67 bits per heavy atom. The summed E-state index contributed by atoms with van der Waals surface area (Å²) in [5, 5.41) is 0. The zero-order chi connectivity index (χ0) is 21.2. The van der Waals surface area contributed by atoms with Gasteiger partial charge in [0.15, 0.2) is 0 Å². The van der Waals surface area contributed by atoms with E-state index in [0.29, 0.717) is 26.0 Å². The van der Waals surface area contributed by atoms with Gasteiger partial charge in [0.25, 0.3) is 0 Å². The van der Waals surface area contributed by atoms with E-state index in [2.05, 4.69) is 28.9 Å². The molecule has 2 fully saturated rings. The fourth-order valence-corrected chi connectivity index (χ4v) is 3.82. The van der Waals surface area contributed by atoms with Gasteiger partial charge >= 0.3 is 5.97 Å². The van der Waals surface area contributed by atoms with Crippen LogP contribution in [0.2, 0.25) is 0 Å². The molecule has 0 aromatic heterocycles. The number of nitrogens with zero attached hydrogens (tertiary/aromatic N) is 2. The van der Waals surface area contributed by atoms with Crippen LogP contribution in [0.25, 0.3) is 0 Å². The average molecular weight is 413 g/mol. The number of hydrogen-bond acceptors (Lipinski definition) is 5. The standard InChI is InChI=1S/C24H32N2O4/c1-2-23(27)26-12-5-7-22(19-26)24(28)30-15-4-3-6-20-8-10-21(11-9-20)18-25-13-16-29-17-14-25/h8-11,22H,2,4-5,7,12-19H2,1H3/t22-/m1/s1. The highest BCUT2D eigenvalue weighted by atomic mass is 16.5. The van der Waals surface area contributed by atoms with Crippen molar-refractivity contribution in [1.82, 2.24) is 9.80 Å².